The second-order valence-corrected chi connectivity index (χ2v) is 8.60. The molecule has 29 heavy (non-hydrogen) atoms. The van der Waals surface area contributed by atoms with Crippen LogP contribution < -0.4 is 0 Å². The van der Waals surface area contributed by atoms with E-state index in [0.717, 1.165) is 35.7 Å². The first-order valence-electron chi connectivity index (χ1n) is 9.91. The molecule has 3 atom stereocenters. The van der Waals surface area contributed by atoms with Crippen LogP contribution in [-0.4, -0.2) is 38.8 Å². The van der Waals surface area contributed by atoms with Gasteiger partial charge in [-0.1, -0.05) is 66.4 Å². The standard InChI is InChI=1S/C23H23NO4S/c25-21-17(14-29-23(28)15-7-2-1-3-8-15)13-16-9-4-5-10-18(16)19-11-6-12-20(22(26)27)24(19)21/h1-5,7-10,17,19-20H,6,11-14H2,(H,26,27)/t17?,19?,20-/m0/s1. The SMILES string of the molecule is O=C(SCC1Cc2ccccc2C2CCC[C@@H](C(=O)O)N2C1=O)c1ccccc1. The Kier molecular flexibility index (Phi) is 5.72. The van der Waals surface area contributed by atoms with Crippen molar-refractivity contribution in [3.63, 3.8) is 0 Å². The van der Waals surface area contributed by atoms with E-state index >= 15 is 0 Å². The summed E-state index contributed by atoms with van der Waals surface area (Å²) in [5.41, 5.74) is 2.74. The van der Waals surface area contributed by atoms with Crippen molar-refractivity contribution < 1.29 is 19.5 Å². The number of amides is 1. The molecule has 0 saturated carbocycles. The van der Waals surface area contributed by atoms with Crippen molar-refractivity contribution in [2.24, 2.45) is 5.92 Å². The van der Waals surface area contributed by atoms with Crippen molar-refractivity contribution in [3.8, 4) is 0 Å². The Bertz CT molecular complexity index is 929. The molecule has 2 unspecified atom stereocenters. The van der Waals surface area contributed by atoms with Crippen molar-refractivity contribution >= 4 is 28.8 Å². The van der Waals surface area contributed by atoms with Gasteiger partial charge in [0.2, 0.25) is 11.0 Å². The van der Waals surface area contributed by atoms with Crippen LogP contribution in [0.2, 0.25) is 0 Å². The number of fused-ring (bicyclic) bond motifs is 3. The number of carboxylic acids is 1. The number of carboxylic acid groups (broad SMARTS) is 1. The second-order valence-electron chi connectivity index (χ2n) is 7.61. The first-order valence-corrected chi connectivity index (χ1v) is 10.9. The summed E-state index contributed by atoms with van der Waals surface area (Å²) in [6.45, 7) is 0. The summed E-state index contributed by atoms with van der Waals surface area (Å²) in [5.74, 6) is -1.17. The zero-order valence-electron chi connectivity index (χ0n) is 16.0. The molecule has 2 heterocycles. The van der Waals surface area contributed by atoms with Crippen LogP contribution in [0.1, 0.15) is 46.8 Å². The van der Waals surface area contributed by atoms with Crippen LogP contribution in [0.5, 0.6) is 0 Å². The maximum atomic E-state index is 13.5. The van der Waals surface area contributed by atoms with Gasteiger partial charge < -0.3 is 10.0 Å². The number of nitrogens with zero attached hydrogens (tertiary/aromatic N) is 1. The van der Waals surface area contributed by atoms with E-state index in [2.05, 4.69) is 0 Å². The molecule has 2 aliphatic heterocycles. The van der Waals surface area contributed by atoms with Gasteiger partial charge in [0.15, 0.2) is 0 Å². The molecule has 1 N–H and O–H groups in total. The highest BCUT2D eigenvalue weighted by molar-refractivity contribution is 8.14. The van der Waals surface area contributed by atoms with Crippen LogP contribution in [0.25, 0.3) is 0 Å². The smallest absolute Gasteiger partial charge is 0.326 e. The minimum absolute atomic E-state index is 0.0686. The molecule has 1 saturated heterocycles. The molecule has 1 amide bonds. The van der Waals surface area contributed by atoms with E-state index in [1.807, 2.05) is 42.5 Å². The van der Waals surface area contributed by atoms with Crippen molar-refractivity contribution in [2.75, 3.05) is 5.75 Å². The van der Waals surface area contributed by atoms with Gasteiger partial charge in [0, 0.05) is 11.3 Å². The van der Waals surface area contributed by atoms with Gasteiger partial charge in [-0.15, -0.1) is 0 Å². The predicted molar refractivity (Wildman–Crippen MR) is 112 cm³/mol. The van der Waals surface area contributed by atoms with E-state index in [4.69, 9.17) is 0 Å². The highest BCUT2D eigenvalue weighted by atomic mass is 32.2. The van der Waals surface area contributed by atoms with E-state index in [1.54, 1.807) is 17.0 Å². The Morgan fingerprint density at radius 1 is 1.03 bits per heavy atom. The van der Waals surface area contributed by atoms with Gasteiger partial charge in [-0.3, -0.25) is 9.59 Å². The zero-order valence-corrected chi connectivity index (χ0v) is 16.8. The number of hydrogen-bond acceptors (Lipinski definition) is 4. The summed E-state index contributed by atoms with van der Waals surface area (Å²) < 4.78 is 0. The molecule has 2 aromatic carbocycles. The van der Waals surface area contributed by atoms with E-state index in [0.29, 0.717) is 24.2 Å². The van der Waals surface area contributed by atoms with Gasteiger partial charge >= 0.3 is 5.97 Å². The minimum Gasteiger partial charge on any atom is -0.480 e. The van der Waals surface area contributed by atoms with Crippen molar-refractivity contribution in [1.29, 1.82) is 0 Å². The van der Waals surface area contributed by atoms with E-state index < -0.39 is 17.9 Å². The number of thioether (sulfide) groups is 1. The van der Waals surface area contributed by atoms with Gasteiger partial charge in [-0.05, 0) is 36.8 Å². The molecule has 0 spiro atoms. The third-order valence-corrected chi connectivity index (χ3v) is 6.89. The summed E-state index contributed by atoms with van der Waals surface area (Å²) in [6, 6.07) is 15.9. The molecule has 0 aromatic heterocycles. The first kappa shape index (κ1) is 19.7. The monoisotopic (exact) mass is 409 g/mol. The highest BCUT2D eigenvalue weighted by Gasteiger charge is 2.44. The largest absolute Gasteiger partial charge is 0.480 e. The summed E-state index contributed by atoms with van der Waals surface area (Å²) in [4.78, 5) is 39.5. The molecule has 0 radical (unpaired) electrons. The Morgan fingerprint density at radius 2 is 1.76 bits per heavy atom. The average molecular weight is 410 g/mol. The topological polar surface area (TPSA) is 74.7 Å². The van der Waals surface area contributed by atoms with E-state index in [1.165, 1.54) is 0 Å². The molecule has 2 aliphatic rings. The van der Waals surface area contributed by atoms with Gasteiger partial charge in [0.05, 0.1) is 12.0 Å². The van der Waals surface area contributed by atoms with E-state index in [-0.39, 0.29) is 17.1 Å². The number of benzene rings is 2. The first-order chi connectivity index (χ1) is 14.1. The van der Waals surface area contributed by atoms with Crippen LogP contribution in [0, 0.1) is 5.92 Å². The number of rotatable bonds is 4. The van der Waals surface area contributed by atoms with Gasteiger partial charge in [-0.25, -0.2) is 4.79 Å². The molecule has 2 aromatic rings. The lowest BCUT2D eigenvalue weighted by atomic mass is 9.89. The van der Waals surface area contributed by atoms with Crippen LogP contribution in [0.4, 0.5) is 0 Å². The summed E-state index contributed by atoms with van der Waals surface area (Å²) >= 11 is 1.14. The Hall–Kier alpha value is -2.60. The van der Waals surface area contributed by atoms with Crippen molar-refractivity contribution in [3.05, 3.63) is 71.3 Å². The molecule has 6 heteroatoms. The third-order valence-electron chi connectivity index (χ3n) is 5.82. The lowest BCUT2D eigenvalue weighted by molar-refractivity contribution is -0.156. The maximum Gasteiger partial charge on any atom is 0.326 e. The van der Waals surface area contributed by atoms with E-state index in [9.17, 15) is 19.5 Å². The number of hydrogen-bond donors (Lipinski definition) is 1. The third kappa shape index (κ3) is 3.94. The number of piperidine rings is 1. The van der Waals surface area contributed by atoms with Crippen molar-refractivity contribution in [2.45, 2.75) is 37.8 Å². The molecule has 5 nitrogen and oxygen atoms in total. The molecular weight excluding hydrogens is 386 g/mol. The molecule has 0 bridgehead atoms. The quantitative estimate of drug-likeness (QED) is 0.828. The van der Waals surface area contributed by atoms with Crippen molar-refractivity contribution in [1.82, 2.24) is 4.90 Å². The minimum atomic E-state index is -0.950. The molecule has 150 valence electrons. The molecule has 1 fully saturated rings. The average Bonchev–Trinajstić information content (AvgIpc) is 2.87. The fourth-order valence-electron chi connectivity index (χ4n) is 4.43. The van der Waals surface area contributed by atoms with Crippen LogP contribution in [0.3, 0.4) is 0 Å². The van der Waals surface area contributed by atoms with Gasteiger partial charge in [-0.2, -0.15) is 0 Å². The predicted octanol–water partition coefficient (Wildman–Crippen LogP) is 3.94. The Labute approximate surface area is 174 Å². The summed E-state index contributed by atoms with van der Waals surface area (Å²) in [5, 5.41) is 9.67. The zero-order chi connectivity index (χ0) is 20.4. The lowest BCUT2D eigenvalue weighted by Gasteiger charge is -2.40. The molecule has 0 aliphatic carbocycles. The number of aliphatic carboxylic acids is 1. The van der Waals surface area contributed by atoms with Gasteiger partial charge in [0.25, 0.3) is 0 Å². The van der Waals surface area contributed by atoms with Crippen LogP contribution in [-0.2, 0) is 16.0 Å². The summed E-state index contributed by atoms with van der Waals surface area (Å²) in [7, 11) is 0. The molecular formula is C23H23NO4S. The Balaban J connectivity index is 1.62. The van der Waals surface area contributed by atoms with Crippen LogP contribution >= 0.6 is 11.8 Å². The fraction of sp³-hybridized carbons (Fsp3) is 0.348. The van der Waals surface area contributed by atoms with Gasteiger partial charge in [0.1, 0.15) is 6.04 Å². The normalized spacial score (nSPS) is 23.7. The number of carbonyl (C=O) groups is 3. The fourth-order valence-corrected chi connectivity index (χ4v) is 5.34. The number of carbonyl (C=O) groups excluding carboxylic acids is 2. The highest BCUT2D eigenvalue weighted by Crippen LogP contribution is 2.41. The Morgan fingerprint density at radius 3 is 2.52 bits per heavy atom. The van der Waals surface area contributed by atoms with Crippen LogP contribution in [0.15, 0.2) is 54.6 Å². The second kappa shape index (κ2) is 8.41. The molecule has 4 rings (SSSR count). The lowest BCUT2D eigenvalue weighted by Crippen LogP contribution is -2.51. The maximum absolute atomic E-state index is 13.5. The summed E-state index contributed by atoms with van der Waals surface area (Å²) in [6.07, 6.45) is 2.56.